The second-order valence-corrected chi connectivity index (χ2v) is 5.15. The fourth-order valence-corrected chi connectivity index (χ4v) is 2.79. The number of hydrogen-bond donors (Lipinski definition) is 2. The predicted molar refractivity (Wildman–Crippen MR) is 75.1 cm³/mol. The van der Waals surface area contributed by atoms with Crippen molar-refractivity contribution in [1.29, 1.82) is 0 Å². The van der Waals surface area contributed by atoms with Crippen LogP contribution < -0.4 is 11.3 Å². The van der Waals surface area contributed by atoms with Gasteiger partial charge in [0.1, 0.15) is 5.82 Å². The van der Waals surface area contributed by atoms with Crippen molar-refractivity contribution in [2.45, 2.75) is 24.4 Å². The summed E-state index contributed by atoms with van der Waals surface area (Å²) in [7, 11) is 0. The van der Waals surface area contributed by atoms with Gasteiger partial charge in [0, 0.05) is 23.4 Å². The Morgan fingerprint density at radius 3 is 2.74 bits per heavy atom. The van der Waals surface area contributed by atoms with E-state index in [0.717, 1.165) is 22.9 Å². The largest absolute Gasteiger partial charge is 0.271 e. The van der Waals surface area contributed by atoms with Gasteiger partial charge in [-0.25, -0.2) is 4.39 Å². The van der Waals surface area contributed by atoms with Crippen LogP contribution >= 0.6 is 11.8 Å². The maximum absolute atomic E-state index is 12.8. The Labute approximate surface area is 116 Å². The molecule has 0 fully saturated rings. The maximum Gasteiger partial charge on any atom is 0.123 e. The van der Waals surface area contributed by atoms with Gasteiger partial charge < -0.3 is 0 Å². The molecular formula is C13H17FN4S. The summed E-state index contributed by atoms with van der Waals surface area (Å²) >= 11 is 1.63. The monoisotopic (exact) mass is 280 g/mol. The molecule has 0 amide bonds. The van der Waals surface area contributed by atoms with Crippen LogP contribution in [-0.4, -0.2) is 15.5 Å². The first-order valence-corrected chi connectivity index (χ1v) is 7.09. The van der Waals surface area contributed by atoms with E-state index in [1.165, 1.54) is 12.1 Å². The summed E-state index contributed by atoms with van der Waals surface area (Å²) in [5.74, 6) is 6.15. The van der Waals surface area contributed by atoms with Gasteiger partial charge in [0.2, 0.25) is 0 Å². The third-order valence-corrected chi connectivity index (χ3v) is 3.94. The van der Waals surface area contributed by atoms with E-state index in [0.29, 0.717) is 0 Å². The van der Waals surface area contributed by atoms with Crippen LogP contribution in [0.4, 0.5) is 4.39 Å². The molecule has 0 bridgehead atoms. The van der Waals surface area contributed by atoms with Gasteiger partial charge >= 0.3 is 0 Å². The fourth-order valence-electron chi connectivity index (χ4n) is 1.83. The first-order valence-electron chi connectivity index (χ1n) is 6.10. The highest BCUT2D eigenvalue weighted by Crippen LogP contribution is 2.24. The zero-order valence-electron chi connectivity index (χ0n) is 10.7. The molecule has 6 heteroatoms. The van der Waals surface area contributed by atoms with Gasteiger partial charge in [0.25, 0.3) is 0 Å². The molecule has 0 saturated heterocycles. The second-order valence-electron chi connectivity index (χ2n) is 4.06. The molecule has 1 atom stereocenters. The van der Waals surface area contributed by atoms with Crippen LogP contribution in [0.2, 0.25) is 0 Å². The van der Waals surface area contributed by atoms with Crippen molar-refractivity contribution < 1.29 is 4.39 Å². The summed E-state index contributed by atoms with van der Waals surface area (Å²) in [6, 6.07) is 8.43. The molecule has 1 aromatic heterocycles. The zero-order chi connectivity index (χ0) is 13.7. The van der Waals surface area contributed by atoms with Gasteiger partial charge in [-0.1, -0.05) is 0 Å². The fraction of sp³-hybridized carbons (Fsp3) is 0.308. The summed E-state index contributed by atoms with van der Waals surface area (Å²) in [6.45, 7) is 2.85. The van der Waals surface area contributed by atoms with Crippen LogP contribution in [0, 0.1) is 5.82 Å². The van der Waals surface area contributed by atoms with Crippen LogP contribution in [0.5, 0.6) is 0 Å². The highest BCUT2D eigenvalue weighted by atomic mass is 32.2. The molecule has 2 rings (SSSR count). The van der Waals surface area contributed by atoms with Gasteiger partial charge in [-0.05, 0) is 37.3 Å². The van der Waals surface area contributed by atoms with Gasteiger partial charge in [0.15, 0.2) is 0 Å². The van der Waals surface area contributed by atoms with E-state index in [-0.39, 0.29) is 11.9 Å². The Morgan fingerprint density at radius 2 is 2.11 bits per heavy atom. The van der Waals surface area contributed by atoms with Crippen LogP contribution in [0.3, 0.4) is 0 Å². The molecule has 1 unspecified atom stereocenters. The van der Waals surface area contributed by atoms with E-state index in [9.17, 15) is 4.39 Å². The van der Waals surface area contributed by atoms with Crippen LogP contribution in [-0.2, 0) is 6.54 Å². The Hall–Kier alpha value is -1.37. The van der Waals surface area contributed by atoms with E-state index in [2.05, 4.69) is 10.5 Å². The molecule has 3 N–H and O–H groups in total. The Balaban J connectivity index is 2.02. The van der Waals surface area contributed by atoms with Crippen LogP contribution in [0.15, 0.2) is 41.4 Å². The lowest BCUT2D eigenvalue weighted by atomic mass is 10.2. The topological polar surface area (TPSA) is 55.9 Å². The number of nitrogens with one attached hydrogen (secondary N) is 1. The number of rotatable bonds is 6. The number of hydrogen-bond acceptors (Lipinski definition) is 4. The normalized spacial score (nSPS) is 12.6. The van der Waals surface area contributed by atoms with Gasteiger partial charge in [-0.3, -0.25) is 16.0 Å². The Morgan fingerprint density at radius 1 is 1.37 bits per heavy atom. The van der Waals surface area contributed by atoms with Crippen molar-refractivity contribution in [1.82, 2.24) is 15.2 Å². The molecule has 19 heavy (non-hydrogen) atoms. The highest BCUT2D eigenvalue weighted by molar-refractivity contribution is 7.99. The molecule has 1 aromatic carbocycles. The first-order chi connectivity index (χ1) is 9.24. The molecule has 102 valence electrons. The molecule has 1 heterocycles. The average molecular weight is 280 g/mol. The lowest BCUT2D eigenvalue weighted by Gasteiger charge is -2.16. The van der Waals surface area contributed by atoms with E-state index in [4.69, 9.17) is 5.84 Å². The van der Waals surface area contributed by atoms with Gasteiger partial charge in [0.05, 0.1) is 11.7 Å². The van der Waals surface area contributed by atoms with Crippen molar-refractivity contribution >= 4 is 11.8 Å². The van der Waals surface area contributed by atoms with Crippen molar-refractivity contribution in [3.05, 3.63) is 48.0 Å². The zero-order valence-corrected chi connectivity index (χ0v) is 11.5. The summed E-state index contributed by atoms with van der Waals surface area (Å²) < 4.78 is 14.7. The minimum Gasteiger partial charge on any atom is -0.271 e. The lowest BCUT2D eigenvalue weighted by molar-refractivity contribution is 0.528. The van der Waals surface area contributed by atoms with Crippen molar-refractivity contribution in [2.75, 3.05) is 5.75 Å². The van der Waals surface area contributed by atoms with E-state index < -0.39 is 0 Å². The molecule has 0 saturated carbocycles. The van der Waals surface area contributed by atoms with Crippen molar-refractivity contribution in [3.8, 4) is 0 Å². The molecular weight excluding hydrogens is 263 g/mol. The Bertz CT molecular complexity index is 512. The third-order valence-electron chi connectivity index (χ3n) is 2.84. The summed E-state index contributed by atoms with van der Waals surface area (Å²) in [4.78, 5) is 1.02. The molecule has 0 radical (unpaired) electrons. The average Bonchev–Trinajstić information content (AvgIpc) is 2.90. The highest BCUT2D eigenvalue weighted by Gasteiger charge is 2.14. The lowest BCUT2D eigenvalue weighted by Crippen LogP contribution is -2.31. The first kappa shape index (κ1) is 14.0. The smallest absolute Gasteiger partial charge is 0.123 e. The number of halogens is 1. The van der Waals surface area contributed by atoms with Gasteiger partial charge in [-0.15, -0.1) is 11.8 Å². The molecule has 2 aromatic rings. The summed E-state index contributed by atoms with van der Waals surface area (Å²) in [5, 5.41) is 4.23. The van der Waals surface area contributed by atoms with Gasteiger partial charge in [-0.2, -0.15) is 5.10 Å². The number of aryl methyl sites for hydroxylation is 1. The van der Waals surface area contributed by atoms with Crippen LogP contribution in [0.25, 0.3) is 0 Å². The van der Waals surface area contributed by atoms with Crippen molar-refractivity contribution in [2.24, 2.45) is 5.84 Å². The Kier molecular flexibility index (Phi) is 4.95. The number of nitrogens with two attached hydrogens (primary N) is 1. The number of benzene rings is 1. The molecule has 4 nitrogen and oxygen atoms in total. The number of aromatic nitrogens is 2. The third kappa shape index (κ3) is 3.56. The molecule has 0 aliphatic carbocycles. The number of hydrazine groups is 1. The minimum atomic E-state index is -0.220. The predicted octanol–water partition coefficient (Wildman–Crippen LogP) is 2.34. The second kappa shape index (κ2) is 6.70. The summed E-state index contributed by atoms with van der Waals surface area (Å²) in [5.41, 5.74) is 3.86. The molecule has 0 aliphatic rings. The standard InChI is InChI=1S/C13H17FN4S/c1-2-18-13(7-8-16-18)12(17-15)9-19-11-5-3-10(14)4-6-11/h3-8,12,17H,2,9,15H2,1H3. The van der Waals surface area contributed by atoms with Crippen LogP contribution in [0.1, 0.15) is 18.7 Å². The maximum atomic E-state index is 12.8. The quantitative estimate of drug-likeness (QED) is 0.484. The minimum absolute atomic E-state index is 0.0116. The van der Waals surface area contributed by atoms with E-state index >= 15 is 0 Å². The number of nitrogens with zero attached hydrogens (tertiary/aromatic N) is 2. The van der Waals surface area contributed by atoms with E-state index in [1.54, 1.807) is 30.1 Å². The molecule has 0 aliphatic heterocycles. The van der Waals surface area contributed by atoms with Crippen molar-refractivity contribution in [3.63, 3.8) is 0 Å². The molecule has 0 spiro atoms. The number of thioether (sulfide) groups is 1. The summed E-state index contributed by atoms with van der Waals surface area (Å²) in [6.07, 6.45) is 1.77. The van der Waals surface area contributed by atoms with E-state index in [1.807, 2.05) is 17.7 Å². The SMILES string of the molecule is CCn1nccc1C(CSc1ccc(F)cc1)NN.